The average molecular weight is 588 g/mol. The predicted molar refractivity (Wildman–Crippen MR) is 161 cm³/mol. The molecule has 0 spiro atoms. The summed E-state index contributed by atoms with van der Waals surface area (Å²) in [7, 11) is -4.02. The van der Waals surface area contributed by atoms with Crippen LogP contribution in [0.1, 0.15) is 64.7 Å². The number of esters is 1. The van der Waals surface area contributed by atoms with E-state index in [2.05, 4.69) is 25.7 Å². The second kappa shape index (κ2) is 13.7. The van der Waals surface area contributed by atoms with Crippen molar-refractivity contribution in [3.05, 3.63) is 59.7 Å². The number of benzene rings is 1. The maximum Gasteiger partial charge on any atom is 0.334 e. The maximum atomic E-state index is 13.1. The molecule has 0 saturated heterocycles. The number of hydrogen-bond acceptors (Lipinski definition) is 7. The van der Waals surface area contributed by atoms with Gasteiger partial charge in [0.25, 0.3) is 10.1 Å². The van der Waals surface area contributed by atoms with Crippen molar-refractivity contribution in [2.75, 3.05) is 36.8 Å². The van der Waals surface area contributed by atoms with Crippen LogP contribution in [0, 0.1) is 11.3 Å². The molecule has 1 aromatic rings. The van der Waals surface area contributed by atoms with Crippen LogP contribution in [0.5, 0.6) is 5.75 Å². The Morgan fingerprint density at radius 2 is 1.80 bits per heavy atom. The quantitative estimate of drug-likeness (QED) is 0.0929. The van der Waals surface area contributed by atoms with Gasteiger partial charge in [0.2, 0.25) is 0 Å². The van der Waals surface area contributed by atoms with Crippen LogP contribution in [-0.2, 0) is 19.3 Å². The van der Waals surface area contributed by atoms with Crippen molar-refractivity contribution in [1.29, 1.82) is 0 Å². The number of nitrogens with zero attached hydrogens (tertiary/aromatic N) is 2. The number of Topliss-reactive ketones (excluding diaryl/α,β-unsaturated/α-hetero) is 1. The highest BCUT2D eigenvalue weighted by molar-refractivity contribution is 7.85. The Bertz CT molecular complexity index is 1350. The van der Waals surface area contributed by atoms with E-state index >= 15 is 0 Å². The second-order valence-electron chi connectivity index (χ2n) is 11.2. The van der Waals surface area contributed by atoms with Crippen LogP contribution in [0.3, 0.4) is 0 Å². The minimum Gasteiger partial charge on any atom is -0.425 e. The van der Waals surface area contributed by atoms with Gasteiger partial charge in [0, 0.05) is 44.0 Å². The van der Waals surface area contributed by atoms with E-state index in [0.29, 0.717) is 37.2 Å². The lowest BCUT2D eigenvalue weighted by atomic mass is 9.88. The van der Waals surface area contributed by atoms with Gasteiger partial charge in [-0.25, -0.2) is 9.32 Å². The molecule has 2 heterocycles. The zero-order chi connectivity index (χ0) is 30.4. The molecule has 0 amide bonds. The van der Waals surface area contributed by atoms with Gasteiger partial charge in [-0.2, -0.15) is 8.42 Å². The van der Waals surface area contributed by atoms with Crippen LogP contribution in [0.15, 0.2) is 54.2 Å². The fourth-order valence-corrected chi connectivity index (χ4v) is 5.37. The van der Waals surface area contributed by atoms with E-state index in [9.17, 15) is 18.0 Å². The first-order chi connectivity index (χ1) is 19.3. The fourth-order valence-electron chi connectivity index (χ4n) is 4.87. The van der Waals surface area contributed by atoms with Gasteiger partial charge in [0.1, 0.15) is 11.7 Å². The molecule has 224 valence electrons. The molecule has 3 rings (SSSR count). The molecule has 0 aliphatic carbocycles. The average Bonchev–Trinajstić information content (AvgIpc) is 2.90. The lowest BCUT2D eigenvalue weighted by Crippen LogP contribution is -2.41. The molecule has 0 bridgehead atoms. The van der Waals surface area contributed by atoms with E-state index in [1.54, 1.807) is 30.4 Å². The van der Waals surface area contributed by atoms with Gasteiger partial charge in [0.05, 0.1) is 23.2 Å². The standard InChI is InChI=1S/C31H42N2O7S/c1-7-32(8-2)23-15-16-24-26(21-23)39-30(35)25(29(24)34)14-11-10-13-22-19-27(31(4,5)6)40-28(20-22)33(9-3)17-12-18-41(36,37)38/h10-11,13-16,19,21,25,28H,7-9,12,17-18,20H2,1-6H3/p+1/b13-10+,14-11+. The van der Waals surface area contributed by atoms with Gasteiger partial charge in [-0.15, -0.1) is 0 Å². The SMILES string of the molecule is CCN(CC)c1ccc2c(c1)OC(=O)C(/C=C/C=C/C1=CC(C(C)(C)C)=[O+]C(N(CC)CCCS(=O)(=O)O)C1)C2=O. The van der Waals surface area contributed by atoms with E-state index in [1.807, 2.05) is 43.9 Å². The predicted octanol–water partition coefficient (Wildman–Crippen LogP) is 4.77. The zero-order valence-corrected chi connectivity index (χ0v) is 25.7. The molecule has 9 nitrogen and oxygen atoms in total. The molecule has 2 unspecified atom stereocenters. The number of hydrogen-bond donors (Lipinski definition) is 1. The topological polar surface area (TPSA) is 116 Å². The molecule has 0 saturated carbocycles. The van der Waals surface area contributed by atoms with Gasteiger partial charge in [-0.1, -0.05) is 31.2 Å². The first kappa shape index (κ1) is 32.4. The summed E-state index contributed by atoms with van der Waals surface area (Å²) in [5.74, 6) is -1.10. The summed E-state index contributed by atoms with van der Waals surface area (Å²) in [4.78, 5) is 30.0. The molecule has 1 N–H and O–H groups in total. The highest BCUT2D eigenvalue weighted by Crippen LogP contribution is 2.33. The molecule has 2 atom stereocenters. The van der Waals surface area contributed by atoms with Crippen molar-refractivity contribution in [2.24, 2.45) is 11.3 Å². The van der Waals surface area contributed by atoms with Crippen LogP contribution < -0.4 is 9.64 Å². The third kappa shape index (κ3) is 8.70. The molecule has 0 fully saturated rings. The van der Waals surface area contributed by atoms with Gasteiger partial charge in [-0.05, 0) is 58.7 Å². The van der Waals surface area contributed by atoms with E-state index in [-0.39, 0.29) is 23.2 Å². The van der Waals surface area contributed by atoms with Crippen molar-refractivity contribution in [3.63, 3.8) is 0 Å². The van der Waals surface area contributed by atoms with Crippen LogP contribution in [0.25, 0.3) is 0 Å². The van der Waals surface area contributed by atoms with Crippen molar-refractivity contribution in [3.8, 4) is 5.75 Å². The largest absolute Gasteiger partial charge is 0.425 e. The van der Waals surface area contributed by atoms with E-state index in [0.717, 1.165) is 30.1 Å². The number of ketones is 2. The van der Waals surface area contributed by atoms with Crippen molar-refractivity contribution in [2.45, 2.75) is 60.6 Å². The summed E-state index contributed by atoms with van der Waals surface area (Å²) >= 11 is 0. The minimum atomic E-state index is -4.02. The second-order valence-corrected chi connectivity index (χ2v) is 12.8. The zero-order valence-electron chi connectivity index (χ0n) is 24.9. The van der Waals surface area contributed by atoms with Gasteiger partial charge >= 0.3 is 18.0 Å². The summed E-state index contributed by atoms with van der Waals surface area (Å²) in [5.41, 5.74) is 2.04. The van der Waals surface area contributed by atoms with Crippen LogP contribution in [0.4, 0.5) is 5.69 Å². The van der Waals surface area contributed by atoms with E-state index < -0.39 is 22.0 Å². The summed E-state index contributed by atoms with van der Waals surface area (Å²) in [6.45, 7) is 14.9. The lowest BCUT2D eigenvalue weighted by molar-refractivity contribution is -0.537. The Morgan fingerprint density at radius 1 is 1.10 bits per heavy atom. The fraction of sp³-hybridized carbons (Fsp3) is 0.516. The molecule has 41 heavy (non-hydrogen) atoms. The molecule has 0 aromatic heterocycles. The normalized spacial score (nSPS) is 19.9. The first-order valence-electron chi connectivity index (χ1n) is 14.2. The molecular weight excluding hydrogens is 544 g/mol. The number of allylic oxidation sites excluding steroid dienone is 4. The Morgan fingerprint density at radius 3 is 2.41 bits per heavy atom. The van der Waals surface area contributed by atoms with Crippen LogP contribution >= 0.6 is 0 Å². The summed E-state index contributed by atoms with van der Waals surface area (Å²) in [6.07, 6.45) is 9.52. The molecular formula is C31H43N2O7S+. The number of anilines is 1. The number of fused-ring (bicyclic) bond motifs is 1. The van der Waals surface area contributed by atoms with Gasteiger partial charge < -0.3 is 9.64 Å². The highest BCUT2D eigenvalue weighted by atomic mass is 32.2. The third-order valence-electron chi connectivity index (χ3n) is 7.22. The van der Waals surface area contributed by atoms with Crippen molar-refractivity contribution < 1.29 is 31.7 Å². The van der Waals surface area contributed by atoms with Crippen LogP contribution in [-0.4, -0.2) is 73.6 Å². The Labute approximate surface area is 244 Å². The molecule has 2 aliphatic heterocycles. The first-order valence-corrected chi connectivity index (χ1v) is 15.8. The van der Waals surface area contributed by atoms with E-state index in [1.165, 1.54) is 0 Å². The smallest absolute Gasteiger partial charge is 0.334 e. The molecule has 10 heteroatoms. The number of rotatable bonds is 12. The van der Waals surface area contributed by atoms with Crippen LogP contribution in [0.2, 0.25) is 0 Å². The molecule has 0 radical (unpaired) electrons. The summed E-state index contributed by atoms with van der Waals surface area (Å²) < 4.78 is 43.3. The Hall–Kier alpha value is -3.08. The third-order valence-corrected chi connectivity index (χ3v) is 8.03. The van der Waals surface area contributed by atoms with Crippen molar-refractivity contribution in [1.82, 2.24) is 4.90 Å². The van der Waals surface area contributed by atoms with Gasteiger partial charge in [0.15, 0.2) is 5.78 Å². The van der Waals surface area contributed by atoms with E-state index in [4.69, 9.17) is 13.7 Å². The lowest BCUT2D eigenvalue weighted by Gasteiger charge is -2.25. The van der Waals surface area contributed by atoms with Crippen molar-refractivity contribution >= 4 is 33.3 Å². The monoisotopic (exact) mass is 587 g/mol. The van der Waals surface area contributed by atoms with Gasteiger partial charge in [-0.3, -0.25) is 14.1 Å². The molecule has 1 aromatic carbocycles. The summed E-state index contributed by atoms with van der Waals surface area (Å²) in [6, 6.07) is 5.35. The number of carbonyl (C=O) groups excluding carboxylic acids is 3. The Kier molecular flexibility index (Phi) is 10.9. The Balaban J connectivity index is 1.74. The summed E-state index contributed by atoms with van der Waals surface area (Å²) in [5, 5.41) is 0. The number of ether oxygens (including phenoxy) is 1. The molecule has 2 aliphatic rings. The maximum absolute atomic E-state index is 13.1. The minimum absolute atomic E-state index is 0.252. The number of carbonyl (C=O) groups is 2. The highest BCUT2D eigenvalue weighted by Gasteiger charge is 2.38.